The van der Waals surface area contributed by atoms with Crippen LogP contribution in [-0.4, -0.2) is 87.4 Å². The highest BCUT2D eigenvalue weighted by Gasteiger charge is 2.25. The number of esters is 2. The highest BCUT2D eigenvalue weighted by Crippen LogP contribution is 2.19. The Kier molecular flexibility index (Phi) is 64.1. The number of quaternary nitrogens is 1. The van der Waals surface area contributed by atoms with Gasteiger partial charge in [-0.2, -0.15) is 0 Å². The molecule has 0 saturated carbocycles. The monoisotopic (exact) mass is 1190 g/mol. The maximum Gasteiger partial charge on any atom is 0.361 e. The number of nitrogens with zero attached hydrogens (tertiary/aromatic N) is 1. The van der Waals surface area contributed by atoms with Crippen LogP contribution in [0, 0.1) is 0 Å². The van der Waals surface area contributed by atoms with Gasteiger partial charge in [0.05, 0.1) is 34.4 Å². The average Bonchev–Trinajstić information content (AvgIpc) is 3.48. The SMILES string of the molecule is CC/C=C\C/C=C\C/C=C\C/C=C\C/C=C\C/C=C\CCCCCCCCCCCCCCCCCCC(=O)OC(COC(=O)CCCCCCCCCCCCCCCCCCCCCCCCCCC)COC(OCC[N+](C)(C)C)C(=O)O. The van der Waals surface area contributed by atoms with Crippen molar-refractivity contribution in [3.8, 4) is 0 Å². The second kappa shape index (κ2) is 66.7. The summed E-state index contributed by atoms with van der Waals surface area (Å²) < 4.78 is 23.0. The summed E-state index contributed by atoms with van der Waals surface area (Å²) in [5.74, 6) is -1.98. The van der Waals surface area contributed by atoms with E-state index in [0.717, 1.165) is 77.0 Å². The predicted octanol–water partition coefficient (Wildman–Crippen LogP) is 22.5. The van der Waals surface area contributed by atoms with Gasteiger partial charge in [0.2, 0.25) is 0 Å². The summed E-state index contributed by atoms with van der Waals surface area (Å²) in [4.78, 5) is 37.6. The highest BCUT2D eigenvalue weighted by atomic mass is 16.7. The molecule has 0 fully saturated rings. The van der Waals surface area contributed by atoms with Crippen LogP contribution in [0.25, 0.3) is 0 Å². The maximum absolute atomic E-state index is 13.0. The van der Waals surface area contributed by atoms with Gasteiger partial charge in [-0.1, -0.05) is 331 Å². The fourth-order valence-electron chi connectivity index (χ4n) is 10.5. The van der Waals surface area contributed by atoms with Gasteiger partial charge in [0.1, 0.15) is 13.2 Å². The molecule has 0 spiro atoms. The van der Waals surface area contributed by atoms with Gasteiger partial charge in [-0.25, -0.2) is 4.79 Å². The summed E-state index contributed by atoms with van der Waals surface area (Å²) in [6.07, 6.45) is 85.9. The van der Waals surface area contributed by atoms with Crippen molar-refractivity contribution >= 4 is 17.9 Å². The molecule has 2 unspecified atom stereocenters. The molecule has 0 aromatic carbocycles. The lowest BCUT2D eigenvalue weighted by Gasteiger charge is -2.25. The van der Waals surface area contributed by atoms with Crippen LogP contribution in [0.1, 0.15) is 335 Å². The van der Waals surface area contributed by atoms with Crippen LogP contribution in [0.15, 0.2) is 72.9 Å². The maximum atomic E-state index is 13.0. The second-order valence-electron chi connectivity index (χ2n) is 25.5. The van der Waals surface area contributed by atoms with Gasteiger partial charge in [0, 0.05) is 12.8 Å². The summed E-state index contributed by atoms with van der Waals surface area (Å²) in [7, 11) is 5.99. The molecule has 1 N–H and O–H groups in total. The second-order valence-corrected chi connectivity index (χ2v) is 25.5. The third-order valence-electron chi connectivity index (χ3n) is 16.0. The Morgan fingerprint density at radius 2 is 0.671 bits per heavy atom. The van der Waals surface area contributed by atoms with E-state index in [1.165, 1.54) is 231 Å². The summed E-state index contributed by atoms with van der Waals surface area (Å²) in [5.41, 5.74) is 0. The van der Waals surface area contributed by atoms with Crippen molar-refractivity contribution in [2.75, 3.05) is 47.5 Å². The fourth-order valence-corrected chi connectivity index (χ4v) is 10.5. The summed E-state index contributed by atoms with van der Waals surface area (Å²) >= 11 is 0. The molecule has 2 atom stereocenters. The van der Waals surface area contributed by atoms with Crippen LogP contribution in [0.3, 0.4) is 0 Å². The number of likely N-dealkylation sites (N-methyl/N-ethyl adjacent to an activating group) is 1. The van der Waals surface area contributed by atoms with Crippen molar-refractivity contribution in [2.45, 2.75) is 347 Å². The first kappa shape index (κ1) is 81.7. The fraction of sp³-hybridized carbons (Fsp3) is 0.803. The quantitative estimate of drug-likeness (QED) is 0.0211. The van der Waals surface area contributed by atoms with E-state index >= 15 is 0 Å². The van der Waals surface area contributed by atoms with Crippen molar-refractivity contribution in [3.05, 3.63) is 72.9 Å². The number of carboxylic acids is 1. The molecule has 0 aliphatic rings. The Hall–Kier alpha value is -3.27. The van der Waals surface area contributed by atoms with E-state index in [1.54, 1.807) is 0 Å². The van der Waals surface area contributed by atoms with Crippen LogP contribution in [0.5, 0.6) is 0 Å². The number of carbonyl (C=O) groups is 3. The number of aliphatic carboxylic acids is 1. The lowest BCUT2D eigenvalue weighted by atomic mass is 10.0. The van der Waals surface area contributed by atoms with Crippen molar-refractivity contribution in [1.29, 1.82) is 0 Å². The molecule has 0 saturated heterocycles. The Morgan fingerprint density at radius 3 is 1.00 bits per heavy atom. The predicted molar refractivity (Wildman–Crippen MR) is 364 cm³/mol. The van der Waals surface area contributed by atoms with E-state index in [1.807, 2.05) is 21.1 Å². The first-order chi connectivity index (χ1) is 41.6. The molecule has 494 valence electrons. The molecule has 9 nitrogen and oxygen atoms in total. The average molecular weight is 1190 g/mol. The van der Waals surface area contributed by atoms with Crippen LogP contribution < -0.4 is 0 Å². The zero-order chi connectivity index (χ0) is 61.9. The number of rotatable bonds is 67. The zero-order valence-electron chi connectivity index (χ0n) is 56.5. The molecule has 0 aromatic rings. The molecular formula is C76H138NO8+. The van der Waals surface area contributed by atoms with Gasteiger partial charge in [-0.3, -0.25) is 9.59 Å². The summed E-state index contributed by atoms with van der Waals surface area (Å²) in [6.45, 7) is 4.82. The molecule has 85 heavy (non-hydrogen) atoms. The highest BCUT2D eigenvalue weighted by molar-refractivity contribution is 5.71. The standard InChI is InChI=1S/C76H137NO8/c1-6-8-10-12-14-16-18-20-22-24-26-28-30-32-33-34-35-36-37-38-39-40-41-43-45-47-49-51-53-55-57-59-61-63-65-67-74(79)85-72(71-84-76(75(80)81)82-69-68-77(3,4)5)70-83-73(78)66-64-62-60-58-56-54-52-50-48-46-44-42-31-29-27-25-23-21-19-17-15-13-11-9-7-2/h8,10,14,16,20,22,26,28,32-33,35-36,72,76H,6-7,9,11-13,15,17-19,21,23-25,27,29-31,34,37-71H2,1-5H3/p+1/b10-8-,16-14-,22-20-,28-26-,33-32-,36-35-. The smallest absolute Gasteiger partial charge is 0.361 e. The van der Waals surface area contributed by atoms with E-state index in [-0.39, 0.29) is 38.2 Å². The third kappa shape index (κ3) is 68.1. The minimum atomic E-state index is -1.51. The molecule has 0 aliphatic heterocycles. The van der Waals surface area contributed by atoms with Crippen molar-refractivity contribution < 1.29 is 42.9 Å². The van der Waals surface area contributed by atoms with Crippen LogP contribution in [-0.2, 0) is 33.3 Å². The Balaban J connectivity index is 4.06. The van der Waals surface area contributed by atoms with E-state index in [2.05, 4.69) is 86.8 Å². The van der Waals surface area contributed by atoms with Gasteiger partial charge in [-0.15, -0.1) is 0 Å². The Bertz CT molecular complexity index is 1620. The van der Waals surface area contributed by atoms with Gasteiger partial charge < -0.3 is 28.5 Å². The molecule has 0 amide bonds. The minimum Gasteiger partial charge on any atom is -0.477 e. The molecule has 0 rings (SSSR count). The van der Waals surface area contributed by atoms with E-state index < -0.39 is 18.4 Å². The van der Waals surface area contributed by atoms with E-state index in [9.17, 15) is 19.5 Å². The number of hydrogen-bond donors (Lipinski definition) is 1. The largest absolute Gasteiger partial charge is 0.477 e. The molecule has 0 bridgehead atoms. The number of allylic oxidation sites excluding steroid dienone is 12. The molecule has 0 heterocycles. The van der Waals surface area contributed by atoms with Crippen molar-refractivity contribution in [2.24, 2.45) is 0 Å². The molecule has 0 aromatic heterocycles. The van der Waals surface area contributed by atoms with Gasteiger partial charge >= 0.3 is 17.9 Å². The third-order valence-corrected chi connectivity index (χ3v) is 16.0. The molecule has 9 heteroatoms. The van der Waals surface area contributed by atoms with Crippen molar-refractivity contribution in [3.63, 3.8) is 0 Å². The summed E-state index contributed by atoms with van der Waals surface area (Å²) in [5, 5.41) is 9.75. The Morgan fingerprint density at radius 1 is 0.365 bits per heavy atom. The molecule has 0 aliphatic carbocycles. The van der Waals surface area contributed by atoms with Gasteiger partial charge in [-0.05, 0) is 64.2 Å². The van der Waals surface area contributed by atoms with Crippen LogP contribution in [0.2, 0.25) is 0 Å². The van der Waals surface area contributed by atoms with Gasteiger partial charge in [0.25, 0.3) is 6.29 Å². The van der Waals surface area contributed by atoms with Crippen LogP contribution >= 0.6 is 0 Å². The van der Waals surface area contributed by atoms with E-state index in [4.69, 9.17) is 18.9 Å². The van der Waals surface area contributed by atoms with E-state index in [0.29, 0.717) is 17.4 Å². The molecule has 0 radical (unpaired) electrons. The van der Waals surface area contributed by atoms with Gasteiger partial charge in [0.15, 0.2) is 6.10 Å². The lowest BCUT2D eigenvalue weighted by Crippen LogP contribution is -2.40. The molecular weight excluding hydrogens is 1050 g/mol. The number of ether oxygens (including phenoxy) is 4. The first-order valence-electron chi connectivity index (χ1n) is 36.1. The number of carboxylic acid groups (broad SMARTS) is 1. The van der Waals surface area contributed by atoms with Crippen LogP contribution in [0.4, 0.5) is 0 Å². The Labute approximate surface area is 526 Å². The topological polar surface area (TPSA) is 108 Å². The minimum absolute atomic E-state index is 0.178. The lowest BCUT2D eigenvalue weighted by molar-refractivity contribution is -0.870. The number of hydrogen-bond acceptors (Lipinski definition) is 7. The number of carbonyl (C=O) groups excluding carboxylic acids is 2. The number of unbranched alkanes of at least 4 members (excludes halogenated alkanes) is 40. The summed E-state index contributed by atoms with van der Waals surface area (Å²) in [6, 6.07) is 0. The normalized spacial score (nSPS) is 13.1. The van der Waals surface area contributed by atoms with Crippen molar-refractivity contribution in [1.82, 2.24) is 0 Å². The zero-order valence-corrected chi connectivity index (χ0v) is 56.5. The first-order valence-corrected chi connectivity index (χ1v) is 36.1.